The van der Waals surface area contributed by atoms with Crippen molar-refractivity contribution >= 4 is 17.4 Å². The zero-order valence-corrected chi connectivity index (χ0v) is 13.1. The number of ketones is 1. The smallest absolute Gasteiger partial charge is 0.182 e. The predicted molar refractivity (Wildman–Crippen MR) is 79.5 cm³/mol. The van der Waals surface area contributed by atoms with E-state index in [2.05, 4.69) is 0 Å². The number of aryl methyl sites for hydroxylation is 2. The standard InChI is InChI=1S/C16H16ClF2NO/c1-8-5-14(19)15(7-13(8)18)20-9(2)6-12(11(20)4)16(21)10(3)17/h5-7,10H,1-4H3. The Kier molecular flexibility index (Phi) is 4.19. The zero-order valence-electron chi connectivity index (χ0n) is 12.3. The molecule has 2 rings (SSSR count). The maximum absolute atomic E-state index is 14.1. The first-order valence-electron chi connectivity index (χ1n) is 6.57. The Labute approximate surface area is 127 Å². The van der Waals surface area contributed by atoms with Crippen molar-refractivity contribution < 1.29 is 13.6 Å². The van der Waals surface area contributed by atoms with E-state index >= 15 is 0 Å². The van der Waals surface area contributed by atoms with Crippen LogP contribution in [-0.4, -0.2) is 15.7 Å². The van der Waals surface area contributed by atoms with Crippen LogP contribution >= 0.6 is 11.6 Å². The van der Waals surface area contributed by atoms with Crippen LogP contribution in [0, 0.1) is 32.4 Å². The second kappa shape index (κ2) is 5.60. The summed E-state index contributed by atoms with van der Waals surface area (Å²) in [6.07, 6.45) is 0. The molecule has 21 heavy (non-hydrogen) atoms. The molecule has 1 atom stereocenters. The van der Waals surface area contributed by atoms with Gasteiger partial charge in [-0.25, -0.2) is 8.78 Å². The van der Waals surface area contributed by atoms with Crippen molar-refractivity contribution in [1.82, 2.24) is 4.57 Å². The van der Waals surface area contributed by atoms with Gasteiger partial charge in [0, 0.05) is 23.0 Å². The summed E-state index contributed by atoms with van der Waals surface area (Å²) in [5.41, 5.74) is 1.96. The third-order valence-corrected chi connectivity index (χ3v) is 3.73. The minimum atomic E-state index is -0.668. The van der Waals surface area contributed by atoms with E-state index in [1.54, 1.807) is 26.8 Å². The fourth-order valence-corrected chi connectivity index (χ4v) is 2.52. The van der Waals surface area contributed by atoms with Crippen molar-refractivity contribution in [2.75, 3.05) is 0 Å². The first-order chi connectivity index (χ1) is 9.73. The number of Topliss-reactive ketones (excluding diaryl/α,β-unsaturated/α-hetero) is 1. The van der Waals surface area contributed by atoms with Gasteiger partial charge in [0.25, 0.3) is 0 Å². The Balaban J connectivity index is 2.66. The average Bonchev–Trinajstić information content (AvgIpc) is 2.68. The lowest BCUT2D eigenvalue weighted by Gasteiger charge is -2.12. The van der Waals surface area contributed by atoms with Gasteiger partial charge in [-0.05, 0) is 45.4 Å². The summed E-state index contributed by atoms with van der Waals surface area (Å²) in [5.74, 6) is -1.25. The topological polar surface area (TPSA) is 22.0 Å². The Bertz CT molecular complexity index is 720. The molecule has 1 aromatic heterocycles. The van der Waals surface area contributed by atoms with Crippen LogP contribution in [0.4, 0.5) is 8.78 Å². The van der Waals surface area contributed by atoms with Crippen LogP contribution in [0.5, 0.6) is 0 Å². The van der Waals surface area contributed by atoms with Crippen molar-refractivity contribution in [3.8, 4) is 5.69 Å². The fourth-order valence-electron chi connectivity index (χ4n) is 2.40. The van der Waals surface area contributed by atoms with Crippen molar-refractivity contribution in [2.45, 2.75) is 33.1 Å². The van der Waals surface area contributed by atoms with Crippen LogP contribution in [-0.2, 0) is 0 Å². The van der Waals surface area contributed by atoms with Crippen LogP contribution in [0.1, 0.15) is 34.2 Å². The van der Waals surface area contributed by atoms with E-state index in [1.807, 2.05) is 0 Å². The molecule has 5 heteroatoms. The van der Waals surface area contributed by atoms with Gasteiger partial charge in [-0.1, -0.05) is 0 Å². The van der Waals surface area contributed by atoms with E-state index in [9.17, 15) is 13.6 Å². The van der Waals surface area contributed by atoms with Gasteiger partial charge >= 0.3 is 0 Å². The minimum Gasteiger partial charge on any atom is -0.315 e. The van der Waals surface area contributed by atoms with Crippen molar-refractivity contribution in [3.63, 3.8) is 0 Å². The molecule has 1 heterocycles. The van der Waals surface area contributed by atoms with Gasteiger partial charge < -0.3 is 4.57 Å². The number of carbonyl (C=O) groups excluding carboxylic acids is 1. The third kappa shape index (κ3) is 2.72. The second-order valence-electron chi connectivity index (χ2n) is 5.15. The molecule has 0 saturated carbocycles. The van der Waals surface area contributed by atoms with Gasteiger partial charge in [0.15, 0.2) is 5.78 Å². The Morgan fingerprint density at radius 2 is 1.76 bits per heavy atom. The molecule has 0 aliphatic heterocycles. The maximum atomic E-state index is 14.1. The van der Waals surface area contributed by atoms with Crippen molar-refractivity contribution in [2.24, 2.45) is 0 Å². The molecule has 0 fully saturated rings. The van der Waals surface area contributed by atoms with Gasteiger partial charge in [0.2, 0.25) is 0 Å². The highest BCUT2D eigenvalue weighted by atomic mass is 35.5. The van der Waals surface area contributed by atoms with Crippen LogP contribution < -0.4 is 0 Å². The van der Waals surface area contributed by atoms with Gasteiger partial charge in [0.05, 0.1) is 11.1 Å². The number of aromatic nitrogens is 1. The molecule has 0 amide bonds. The SMILES string of the molecule is Cc1cc(F)c(-n2c(C)cc(C(=O)C(C)Cl)c2C)cc1F. The molecule has 0 saturated heterocycles. The monoisotopic (exact) mass is 311 g/mol. The lowest BCUT2D eigenvalue weighted by Crippen LogP contribution is -2.12. The lowest BCUT2D eigenvalue weighted by molar-refractivity contribution is 0.0991. The molecule has 0 radical (unpaired) electrons. The maximum Gasteiger partial charge on any atom is 0.182 e. The second-order valence-corrected chi connectivity index (χ2v) is 5.81. The molecule has 0 N–H and O–H groups in total. The fraction of sp³-hybridized carbons (Fsp3) is 0.312. The summed E-state index contributed by atoms with van der Waals surface area (Å²) in [6.45, 7) is 6.51. The van der Waals surface area contributed by atoms with Gasteiger partial charge in [0.1, 0.15) is 11.6 Å². The van der Waals surface area contributed by atoms with Gasteiger partial charge in [-0.2, -0.15) is 0 Å². The minimum absolute atomic E-state index is 0.0920. The largest absolute Gasteiger partial charge is 0.315 e. The molecular formula is C16H16ClF2NO. The van der Waals surface area contributed by atoms with E-state index < -0.39 is 17.0 Å². The van der Waals surface area contributed by atoms with E-state index in [1.165, 1.54) is 11.5 Å². The molecule has 0 spiro atoms. The summed E-state index contributed by atoms with van der Waals surface area (Å²) >= 11 is 5.83. The number of halogens is 3. The van der Waals surface area contributed by atoms with Gasteiger partial charge in [-0.3, -0.25) is 4.79 Å². The molecule has 1 aromatic carbocycles. The summed E-state index contributed by atoms with van der Waals surface area (Å²) in [4.78, 5) is 12.1. The number of alkyl halides is 1. The number of benzene rings is 1. The average molecular weight is 312 g/mol. The number of nitrogens with zero attached hydrogens (tertiary/aromatic N) is 1. The van der Waals surface area contributed by atoms with Crippen molar-refractivity contribution in [3.05, 3.63) is 52.3 Å². The number of hydrogen-bond donors (Lipinski definition) is 0. The van der Waals surface area contributed by atoms with Crippen molar-refractivity contribution in [1.29, 1.82) is 0 Å². The Morgan fingerprint density at radius 3 is 2.33 bits per heavy atom. The summed E-state index contributed by atoms with van der Waals surface area (Å²) in [6, 6.07) is 3.94. The van der Waals surface area contributed by atoms with Crippen LogP contribution in [0.15, 0.2) is 18.2 Å². The van der Waals surface area contributed by atoms with Crippen LogP contribution in [0.3, 0.4) is 0 Å². The van der Waals surface area contributed by atoms with E-state index in [0.29, 0.717) is 17.0 Å². The highest BCUT2D eigenvalue weighted by molar-refractivity contribution is 6.33. The molecule has 2 aromatic rings. The summed E-state index contributed by atoms with van der Waals surface area (Å²) in [5, 5.41) is -0.668. The first kappa shape index (κ1) is 15.7. The summed E-state index contributed by atoms with van der Waals surface area (Å²) < 4.78 is 29.4. The summed E-state index contributed by atoms with van der Waals surface area (Å²) in [7, 11) is 0. The van der Waals surface area contributed by atoms with Crippen LogP contribution in [0.2, 0.25) is 0 Å². The molecule has 112 valence electrons. The van der Waals surface area contributed by atoms with E-state index in [-0.39, 0.29) is 17.0 Å². The number of rotatable bonds is 3. The Hall–Kier alpha value is -1.68. The molecule has 0 bridgehead atoms. The molecule has 0 aliphatic carbocycles. The van der Waals surface area contributed by atoms with E-state index in [4.69, 9.17) is 11.6 Å². The lowest BCUT2D eigenvalue weighted by atomic mass is 10.1. The normalized spacial score (nSPS) is 12.5. The predicted octanol–water partition coefficient (Wildman–Crippen LogP) is 4.49. The van der Waals surface area contributed by atoms with E-state index in [0.717, 1.165) is 12.1 Å². The highest BCUT2D eigenvalue weighted by Gasteiger charge is 2.21. The Morgan fingerprint density at radius 1 is 1.14 bits per heavy atom. The quantitative estimate of drug-likeness (QED) is 0.604. The van der Waals surface area contributed by atoms with Gasteiger partial charge in [-0.15, -0.1) is 11.6 Å². The first-order valence-corrected chi connectivity index (χ1v) is 7.01. The highest BCUT2D eigenvalue weighted by Crippen LogP contribution is 2.26. The molecule has 1 unspecified atom stereocenters. The van der Waals surface area contributed by atoms with Crippen LogP contribution in [0.25, 0.3) is 5.69 Å². The molecule has 2 nitrogen and oxygen atoms in total. The molecular weight excluding hydrogens is 296 g/mol. The zero-order chi connectivity index (χ0) is 15.9. The third-order valence-electron chi connectivity index (χ3n) is 3.53. The molecule has 0 aliphatic rings. The number of carbonyl (C=O) groups is 1. The number of hydrogen-bond acceptors (Lipinski definition) is 1.